The van der Waals surface area contributed by atoms with Crippen molar-refractivity contribution in [1.82, 2.24) is 10.2 Å². The molecule has 0 aliphatic carbocycles. The maximum absolute atomic E-state index is 12.8. The van der Waals surface area contributed by atoms with E-state index in [9.17, 15) is 18.0 Å². The molecule has 2 aromatic carbocycles. The molecule has 0 bridgehead atoms. The molecule has 0 radical (unpaired) electrons. The molecule has 28 heavy (non-hydrogen) atoms. The normalized spacial score (nSPS) is 21.2. The van der Waals surface area contributed by atoms with Gasteiger partial charge in [0.05, 0.1) is 5.56 Å². The van der Waals surface area contributed by atoms with E-state index in [0.717, 1.165) is 38.3 Å². The molecule has 8 heteroatoms. The molecule has 2 aliphatic rings. The van der Waals surface area contributed by atoms with E-state index >= 15 is 0 Å². The smallest absolute Gasteiger partial charge is 0.416 e. The summed E-state index contributed by atoms with van der Waals surface area (Å²) in [6.07, 6.45) is -4.43. The highest BCUT2D eigenvalue weighted by molar-refractivity contribution is 5.94. The molecule has 2 fully saturated rings. The molecule has 4 nitrogen and oxygen atoms in total. The minimum Gasteiger partial charge on any atom is -0.457 e. The molecule has 0 saturated carbocycles. The summed E-state index contributed by atoms with van der Waals surface area (Å²) in [7, 11) is 0. The van der Waals surface area contributed by atoms with Gasteiger partial charge in [-0.1, -0.05) is 12.1 Å². The number of carbonyl (C=O) groups is 1. The molecular formula is C20H20ClF3N2O2. The van der Waals surface area contributed by atoms with Gasteiger partial charge in [-0.2, -0.15) is 13.2 Å². The van der Waals surface area contributed by atoms with E-state index in [1.54, 1.807) is 24.3 Å². The summed E-state index contributed by atoms with van der Waals surface area (Å²) >= 11 is 0. The van der Waals surface area contributed by atoms with Crippen LogP contribution >= 0.6 is 12.4 Å². The lowest BCUT2D eigenvalue weighted by molar-refractivity contribution is -0.137. The third-order valence-corrected chi connectivity index (χ3v) is 5.15. The van der Waals surface area contributed by atoms with E-state index < -0.39 is 11.7 Å². The van der Waals surface area contributed by atoms with Crippen molar-refractivity contribution in [2.45, 2.75) is 6.18 Å². The average molecular weight is 413 g/mol. The zero-order valence-corrected chi connectivity index (χ0v) is 15.7. The summed E-state index contributed by atoms with van der Waals surface area (Å²) in [5.41, 5.74) is -0.295. The van der Waals surface area contributed by atoms with Crippen LogP contribution in [0.15, 0.2) is 48.5 Å². The molecule has 1 amide bonds. The van der Waals surface area contributed by atoms with Crippen molar-refractivity contribution in [3.8, 4) is 11.5 Å². The fourth-order valence-corrected chi connectivity index (χ4v) is 3.77. The second-order valence-corrected chi connectivity index (χ2v) is 7.04. The minimum atomic E-state index is -4.43. The molecule has 4 rings (SSSR count). The SMILES string of the molecule is Cl.O=C(c1cccc(Oc2cccc(C(F)(F)F)c2)c1)N1C[C@H]2CNC[C@H]2C1. The van der Waals surface area contributed by atoms with Crippen molar-refractivity contribution < 1.29 is 22.7 Å². The number of hydrogen-bond donors (Lipinski definition) is 1. The van der Waals surface area contributed by atoms with Crippen LogP contribution in [0.4, 0.5) is 13.2 Å². The second kappa shape index (κ2) is 8.01. The Kier molecular flexibility index (Phi) is 5.86. The number of nitrogens with zero attached hydrogens (tertiary/aromatic N) is 1. The lowest BCUT2D eigenvalue weighted by atomic mass is 10.0. The van der Waals surface area contributed by atoms with Gasteiger partial charge in [0.15, 0.2) is 0 Å². The summed E-state index contributed by atoms with van der Waals surface area (Å²) in [5.74, 6) is 1.34. The first-order valence-electron chi connectivity index (χ1n) is 8.85. The Balaban J connectivity index is 0.00000225. The van der Waals surface area contributed by atoms with Gasteiger partial charge in [-0.3, -0.25) is 4.79 Å². The number of nitrogens with one attached hydrogen (secondary N) is 1. The van der Waals surface area contributed by atoms with E-state index in [2.05, 4.69) is 5.32 Å². The maximum Gasteiger partial charge on any atom is 0.416 e. The molecule has 0 spiro atoms. The Morgan fingerprint density at radius 1 is 1.00 bits per heavy atom. The Morgan fingerprint density at radius 2 is 1.61 bits per heavy atom. The maximum atomic E-state index is 12.8. The Hall–Kier alpha value is -2.25. The lowest BCUT2D eigenvalue weighted by Gasteiger charge is -2.18. The number of rotatable bonds is 3. The Morgan fingerprint density at radius 3 is 2.25 bits per heavy atom. The highest BCUT2D eigenvalue weighted by Crippen LogP contribution is 2.33. The number of fused-ring (bicyclic) bond motifs is 1. The van der Waals surface area contributed by atoms with Gasteiger partial charge in [-0.15, -0.1) is 12.4 Å². The molecule has 2 saturated heterocycles. The summed E-state index contributed by atoms with van der Waals surface area (Å²) < 4.78 is 44.1. The number of ether oxygens (including phenoxy) is 1. The van der Waals surface area contributed by atoms with Crippen LogP contribution in [0.25, 0.3) is 0 Å². The molecule has 2 heterocycles. The van der Waals surface area contributed by atoms with Crippen LogP contribution in [0.1, 0.15) is 15.9 Å². The van der Waals surface area contributed by atoms with Gasteiger partial charge in [0.1, 0.15) is 11.5 Å². The van der Waals surface area contributed by atoms with Crippen LogP contribution in [-0.4, -0.2) is 37.0 Å². The number of amides is 1. The zero-order chi connectivity index (χ0) is 19.0. The van der Waals surface area contributed by atoms with Gasteiger partial charge in [0, 0.05) is 31.7 Å². The van der Waals surface area contributed by atoms with Gasteiger partial charge in [0.25, 0.3) is 5.91 Å². The van der Waals surface area contributed by atoms with Gasteiger partial charge in [0.2, 0.25) is 0 Å². The minimum absolute atomic E-state index is 0. The van der Waals surface area contributed by atoms with E-state index in [4.69, 9.17) is 4.74 Å². The van der Waals surface area contributed by atoms with Crippen LogP contribution < -0.4 is 10.1 Å². The van der Waals surface area contributed by atoms with E-state index in [0.29, 0.717) is 23.1 Å². The molecular weight excluding hydrogens is 393 g/mol. The monoisotopic (exact) mass is 412 g/mol. The van der Waals surface area contributed by atoms with E-state index in [1.165, 1.54) is 12.1 Å². The van der Waals surface area contributed by atoms with E-state index in [1.807, 2.05) is 4.90 Å². The summed E-state index contributed by atoms with van der Waals surface area (Å²) in [6, 6.07) is 11.3. The van der Waals surface area contributed by atoms with Crippen LogP contribution in [-0.2, 0) is 6.18 Å². The first-order valence-corrected chi connectivity index (χ1v) is 8.85. The molecule has 150 valence electrons. The van der Waals surface area contributed by atoms with Crippen LogP contribution in [0, 0.1) is 11.8 Å². The molecule has 0 unspecified atom stereocenters. The predicted octanol–water partition coefficient (Wildman–Crippen LogP) is 4.21. The molecule has 1 N–H and O–H groups in total. The van der Waals surface area contributed by atoms with Crippen molar-refractivity contribution in [3.63, 3.8) is 0 Å². The summed E-state index contributed by atoms with van der Waals surface area (Å²) in [6.45, 7) is 3.34. The van der Waals surface area contributed by atoms with Gasteiger partial charge < -0.3 is 15.0 Å². The third kappa shape index (κ3) is 4.25. The number of hydrogen-bond acceptors (Lipinski definition) is 3. The number of alkyl halides is 3. The molecule has 0 aromatic heterocycles. The van der Waals surface area contributed by atoms with E-state index in [-0.39, 0.29) is 24.1 Å². The topological polar surface area (TPSA) is 41.6 Å². The fourth-order valence-electron chi connectivity index (χ4n) is 3.77. The summed E-state index contributed by atoms with van der Waals surface area (Å²) in [4.78, 5) is 14.6. The van der Waals surface area contributed by atoms with Crippen molar-refractivity contribution in [2.24, 2.45) is 11.8 Å². The molecule has 2 atom stereocenters. The van der Waals surface area contributed by atoms with Gasteiger partial charge >= 0.3 is 6.18 Å². The number of carbonyl (C=O) groups excluding carboxylic acids is 1. The highest BCUT2D eigenvalue weighted by Gasteiger charge is 2.38. The van der Waals surface area contributed by atoms with Crippen molar-refractivity contribution in [2.75, 3.05) is 26.2 Å². The third-order valence-electron chi connectivity index (χ3n) is 5.15. The average Bonchev–Trinajstić information content (AvgIpc) is 3.23. The fraction of sp³-hybridized carbons (Fsp3) is 0.350. The first-order chi connectivity index (χ1) is 12.9. The number of benzene rings is 2. The first kappa shape index (κ1) is 20.5. The zero-order valence-electron chi connectivity index (χ0n) is 14.9. The predicted molar refractivity (Wildman–Crippen MR) is 101 cm³/mol. The van der Waals surface area contributed by atoms with Crippen molar-refractivity contribution >= 4 is 18.3 Å². The second-order valence-electron chi connectivity index (χ2n) is 7.04. The van der Waals surface area contributed by atoms with Crippen LogP contribution in [0.3, 0.4) is 0 Å². The quantitative estimate of drug-likeness (QED) is 0.821. The highest BCUT2D eigenvalue weighted by atomic mass is 35.5. The van der Waals surface area contributed by atoms with Crippen LogP contribution in [0.2, 0.25) is 0 Å². The number of halogens is 4. The van der Waals surface area contributed by atoms with Crippen molar-refractivity contribution in [1.29, 1.82) is 0 Å². The molecule has 2 aliphatic heterocycles. The van der Waals surface area contributed by atoms with Crippen LogP contribution in [0.5, 0.6) is 11.5 Å². The number of likely N-dealkylation sites (tertiary alicyclic amines) is 1. The lowest BCUT2D eigenvalue weighted by Crippen LogP contribution is -2.31. The van der Waals surface area contributed by atoms with Gasteiger partial charge in [-0.25, -0.2) is 0 Å². The Labute approximate surface area is 167 Å². The van der Waals surface area contributed by atoms with Crippen molar-refractivity contribution in [3.05, 3.63) is 59.7 Å². The largest absolute Gasteiger partial charge is 0.457 e. The molecule has 2 aromatic rings. The summed E-state index contributed by atoms with van der Waals surface area (Å²) in [5, 5.41) is 3.34. The standard InChI is InChI=1S/C20H19F3N2O2.ClH/c21-20(22,23)16-4-2-6-18(8-16)27-17-5-1-3-13(7-17)19(26)25-11-14-9-24-10-15(14)12-25;/h1-8,14-15,24H,9-12H2;1H/t14-,15+;. The van der Waals surface area contributed by atoms with Gasteiger partial charge in [-0.05, 0) is 48.2 Å². The Bertz CT molecular complexity index is 847.